The zero-order valence-corrected chi connectivity index (χ0v) is 11.2. The number of nitrogens with zero attached hydrogens (tertiary/aromatic N) is 1. The first-order valence-electron chi connectivity index (χ1n) is 5.80. The first-order valence-corrected chi connectivity index (χ1v) is 6.18. The molecule has 0 fully saturated rings. The van der Waals surface area contributed by atoms with Crippen LogP contribution in [0.4, 0.5) is 14.5 Å². The van der Waals surface area contributed by atoms with Gasteiger partial charge in [0, 0.05) is 12.5 Å². The van der Waals surface area contributed by atoms with Gasteiger partial charge in [0.1, 0.15) is 5.56 Å². The number of nitro groups is 1. The van der Waals surface area contributed by atoms with Crippen molar-refractivity contribution in [1.82, 2.24) is 0 Å². The zero-order chi connectivity index (χ0) is 15.6. The van der Waals surface area contributed by atoms with Gasteiger partial charge in [0.15, 0.2) is 17.4 Å². The predicted octanol–water partition coefficient (Wildman–Crippen LogP) is 3.95. The van der Waals surface area contributed by atoms with Crippen LogP contribution in [0.5, 0.6) is 0 Å². The molecule has 2 aromatic carbocycles. The highest BCUT2D eigenvalue weighted by atomic mass is 35.5. The molecule has 0 saturated carbocycles. The van der Waals surface area contributed by atoms with Crippen LogP contribution < -0.4 is 0 Å². The molecule has 21 heavy (non-hydrogen) atoms. The summed E-state index contributed by atoms with van der Waals surface area (Å²) in [6.45, 7) is 0. The third kappa shape index (κ3) is 3.22. The van der Waals surface area contributed by atoms with E-state index in [9.17, 15) is 23.7 Å². The van der Waals surface area contributed by atoms with E-state index in [0.29, 0.717) is 0 Å². The molecular weight excluding hydrogens is 304 g/mol. The monoisotopic (exact) mass is 311 g/mol. The van der Waals surface area contributed by atoms with E-state index in [-0.39, 0.29) is 22.6 Å². The maximum atomic E-state index is 13.1. The molecule has 2 aromatic rings. The lowest BCUT2D eigenvalue weighted by atomic mass is 10.0. The Morgan fingerprint density at radius 1 is 1.19 bits per heavy atom. The topological polar surface area (TPSA) is 60.2 Å². The SMILES string of the molecule is O=C(Cc1ccc(F)c(F)c1)c1c(Cl)cccc1[N+](=O)[O-]. The Kier molecular flexibility index (Phi) is 4.28. The van der Waals surface area contributed by atoms with E-state index in [2.05, 4.69) is 0 Å². The van der Waals surface area contributed by atoms with Crippen molar-refractivity contribution in [3.63, 3.8) is 0 Å². The van der Waals surface area contributed by atoms with Crippen LogP contribution in [-0.2, 0) is 6.42 Å². The molecule has 0 N–H and O–H groups in total. The largest absolute Gasteiger partial charge is 0.293 e. The Bertz CT molecular complexity index is 734. The van der Waals surface area contributed by atoms with Crippen molar-refractivity contribution in [3.8, 4) is 0 Å². The number of carbonyl (C=O) groups is 1. The molecule has 0 aliphatic carbocycles. The predicted molar refractivity (Wildman–Crippen MR) is 72.5 cm³/mol. The smallest absolute Gasteiger partial charge is 0.281 e. The summed E-state index contributed by atoms with van der Waals surface area (Å²) in [5.74, 6) is -2.76. The average molecular weight is 312 g/mol. The van der Waals surface area contributed by atoms with Crippen molar-refractivity contribution >= 4 is 23.1 Å². The number of nitro benzene ring substituents is 1. The third-order valence-electron chi connectivity index (χ3n) is 2.82. The molecule has 0 atom stereocenters. The Morgan fingerprint density at radius 2 is 1.90 bits per heavy atom. The standard InChI is InChI=1S/C14H8ClF2NO3/c15-9-2-1-3-12(18(20)21)14(9)13(19)7-8-4-5-10(16)11(17)6-8/h1-6H,7H2. The highest BCUT2D eigenvalue weighted by molar-refractivity contribution is 6.34. The van der Waals surface area contributed by atoms with Gasteiger partial charge in [-0.1, -0.05) is 23.7 Å². The first-order chi connectivity index (χ1) is 9.90. The van der Waals surface area contributed by atoms with Crippen molar-refractivity contribution < 1.29 is 18.5 Å². The quantitative estimate of drug-likeness (QED) is 0.488. The van der Waals surface area contributed by atoms with Gasteiger partial charge in [0.2, 0.25) is 0 Å². The lowest BCUT2D eigenvalue weighted by molar-refractivity contribution is -0.385. The van der Waals surface area contributed by atoms with E-state index in [0.717, 1.165) is 18.2 Å². The fourth-order valence-corrected chi connectivity index (χ4v) is 2.14. The van der Waals surface area contributed by atoms with E-state index >= 15 is 0 Å². The number of ketones is 1. The van der Waals surface area contributed by atoms with Gasteiger partial charge in [0.25, 0.3) is 5.69 Å². The number of hydrogen-bond donors (Lipinski definition) is 0. The molecule has 108 valence electrons. The number of benzene rings is 2. The van der Waals surface area contributed by atoms with Gasteiger partial charge < -0.3 is 0 Å². The normalized spacial score (nSPS) is 10.4. The average Bonchev–Trinajstić information content (AvgIpc) is 2.42. The Balaban J connectivity index is 2.36. The van der Waals surface area contributed by atoms with Crippen molar-refractivity contribution in [2.24, 2.45) is 0 Å². The second-order valence-electron chi connectivity index (χ2n) is 4.24. The summed E-state index contributed by atoms with van der Waals surface area (Å²) in [6.07, 6.45) is -0.318. The van der Waals surface area contributed by atoms with Crippen molar-refractivity contribution in [2.45, 2.75) is 6.42 Å². The van der Waals surface area contributed by atoms with Crippen LogP contribution in [0.2, 0.25) is 5.02 Å². The van der Waals surface area contributed by atoms with Crippen molar-refractivity contribution in [2.75, 3.05) is 0 Å². The highest BCUT2D eigenvalue weighted by Gasteiger charge is 2.23. The maximum Gasteiger partial charge on any atom is 0.281 e. The molecule has 7 heteroatoms. The molecule has 0 bridgehead atoms. The minimum absolute atomic E-state index is 0.0585. The summed E-state index contributed by atoms with van der Waals surface area (Å²) in [5.41, 5.74) is -0.461. The molecule has 0 aromatic heterocycles. The molecule has 0 amide bonds. The fourth-order valence-electron chi connectivity index (χ4n) is 1.86. The lowest BCUT2D eigenvalue weighted by Gasteiger charge is -2.05. The zero-order valence-electron chi connectivity index (χ0n) is 10.5. The van der Waals surface area contributed by atoms with Gasteiger partial charge in [-0.3, -0.25) is 14.9 Å². The number of carbonyl (C=O) groups excluding carboxylic acids is 1. The van der Waals surface area contributed by atoms with Gasteiger partial charge in [0.05, 0.1) is 9.95 Å². The van der Waals surface area contributed by atoms with Crippen LogP contribution in [0.25, 0.3) is 0 Å². The summed E-state index contributed by atoms with van der Waals surface area (Å²) < 4.78 is 25.9. The summed E-state index contributed by atoms with van der Waals surface area (Å²) in [4.78, 5) is 22.3. The van der Waals surface area contributed by atoms with E-state index < -0.39 is 28.0 Å². The van der Waals surface area contributed by atoms with Crippen LogP contribution in [0, 0.1) is 21.7 Å². The summed E-state index contributed by atoms with van der Waals surface area (Å²) in [7, 11) is 0. The Morgan fingerprint density at radius 3 is 2.52 bits per heavy atom. The van der Waals surface area contributed by atoms with Crippen LogP contribution in [0.1, 0.15) is 15.9 Å². The lowest BCUT2D eigenvalue weighted by Crippen LogP contribution is -2.08. The molecule has 0 saturated heterocycles. The fraction of sp³-hybridized carbons (Fsp3) is 0.0714. The van der Waals surface area contributed by atoms with E-state index in [1.165, 1.54) is 18.2 Å². The number of Topliss-reactive ketones (excluding diaryl/α,β-unsaturated/α-hetero) is 1. The minimum Gasteiger partial charge on any atom is -0.293 e. The van der Waals surface area contributed by atoms with Crippen LogP contribution >= 0.6 is 11.6 Å². The van der Waals surface area contributed by atoms with Gasteiger partial charge >= 0.3 is 0 Å². The molecule has 0 heterocycles. The van der Waals surface area contributed by atoms with Crippen molar-refractivity contribution in [3.05, 3.63) is 74.3 Å². The maximum absolute atomic E-state index is 13.1. The highest BCUT2D eigenvalue weighted by Crippen LogP contribution is 2.27. The van der Waals surface area contributed by atoms with E-state index in [1.807, 2.05) is 0 Å². The van der Waals surface area contributed by atoms with Gasteiger partial charge in [-0.05, 0) is 23.8 Å². The Hall–Kier alpha value is -2.34. The minimum atomic E-state index is -1.09. The Labute approximate surface area is 123 Å². The number of halogens is 3. The summed E-state index contributed by atoms with van der Waals surface area (Å²) in [5, 5.41) is 10.9. The van der Waals surface area contributed by atoms with Gasteiger partial charge in [-0.2, -0.15) is 0 Å². The van der Waals surface area contributed by atoms with Crippen molar-refractivity contribution in [1.29, 1.82) is 0 Å². The molecular formula is C14H8ClF2NO3. The van der Waals surface area contributed by atoms with Crippen LogP contribution in [-0.4, -0.2) is 10.7 Å². The third-order valence-corrected chi connectivity index (χ3v) is 3.13. The second-order valence-corrected chi connectivity index (χ2v) is 4.65. The van der Waals surface area contributed by atoms with E-state index in [1.54, 1.807) is 0 Å². The molecule has 0 aliphatic rings. The molecule has 0 radical (unpaired) electrons. The summed E-state index contributed by atoms with van der Waals surface area (Å²) in [6, 6.07) is 6.86. The molecule has 0 unspecified atom stereocenters. The second kappa shape index (κ2) is 5.97. The van der Waals surface area contributed by atoms with E-state index in [4.69, 9.17) is 11.6 Å². The molecule has 2 rings (SSSR count). The van der Waals surface area contributed by atoms with Crippen LogP contribution in [0.15, 0.2) is 36.4 Å². The molecule has 0 spiro atoms. The summed E-state index contributed by atoms with van der Waals surface area (Å²) >= 11 is 5.83. The van der Waals surface area contributed by atoms with Gasteiger partial charge in [-0.15, -0.1) is 0 Å². The number of hydrogen-bond acceptors (Lipinski definition) is 3. The molecule has 0 aliphatic heterocycles. The van der Waals surface area contributed by atoms with Gasteiger partial charge in [-0.25, -0.2) is 8.78 Å². The van der Waals surface area contributed by atoms with Crippen LogP contribution in [0.3, 0.4) is 0 Å². The number of rotatable bonds is 4. The molecule has 4 nitrogen and oxygen atoms in total. The first kappa shape index (κ1) is 15.1.